The minimum atomic E-state index is -0.183. The van der Waals surface area contributed by atoms with Gasteiger partial charge in [-0.3, -0.25) is 4.90 Å². The van der Waals surface area contributed by atoms with E-state index >= 15 is 0 Å². The van der Waals surface area contributed by atoms with Crippen LogP contribution in [0.2, 0.25) is 0 Å². The smallest absolute Gasteiger partial charge is 0.212 e. The Morgan fingerprint density at radius 1 is 1.38 bits per heavy atom. The number of fused-ring (bicyclic) bond motifs is 1. The fraction of sp³-hybridized carbons (Fsp3) is 0.474. The Balaban J connectivity index is 1.70. The van der Waals surface area contributed by atoms with Crippen molar-refractivity contribution in [2.24, 2.45) is 0 Å². The van der Waals surface area contributed by atoms with E-state index in [-0.39, 0.29) is 11.9 Å². The molecule has 1 atom stereocenters. The number of nitrogens with one attached hydrogen (secondary N) is 1. The molecule has 1 saturated heterocycles. The van der Waals surface area contributed by atoms with Crippen molar-refractivity contribution < 1.29 is 4.39 Å². The van der Waals surface area contributed by atoms with Crippen LogP contribution in [0.3, 0.4) is 0 Å². The maximum Gasteiger partial charge on any atom is 0.212 e. The number of imidazole rings is 1. The van der Waals surface area contributed by atoms with Crippen LogP contribution in [-0.4, -0.2) is 39.1 Å². The van der Waals surface area contributed by atoms with Crippen molar-refractivity contribution >= 4 is 16.3 Å². The van der Waals surface area contributed by atoms with E-state index in [1.807, 2.05) is 17.5 Å². The van der Waals surface area contributed by atoms with Gasteiger partial charge in [0.25, 0.3) is 0 Å². The lowest BCUT2D eigenvalue weighted by Gasteiger charge is -2.36. The van der Waals surface area contributed by atoms with E-state index < -0.39 is 0 Å². The molecule has 0 radical (unpaired) electrons. The van der Waals surface area contributed by atoms with Crippen LogP contribution < -0.4 is 5.32 Å². The Labute approximate surface area is 156 Å². The topological polar surface area (TPSA) is 45.5 Å². The van der Waals surface area contributed by atoms with Crippen LogP contribution in [0.5, 0.6) is 0 Å². The first-order chi connectivity index (χ1) is 12.5. The van der Waals surface area contributed by atoms with Crippen molar-refractivity contribution in [3.63, 3.8) is 0 Å². The van der Waals surface area contributed by atoms with Gasteiger partial charge in [0.1, 0.15) is 10.8 Å². The van der Waals surface area contributed by atoms with E-state index in [4.69, 9.17) is 4.98 Å². The van der Waals surface area contributed by atoms with Crippen molar-refractivity contribution in [1.82, 2.24) is 24.8 Å². The number of aryl methyl sites for hydroxylation is 1. The second kappa shape index (κ2) is 7.06. The third kappa shape index (κ3) is 3.26. The molecule has 4 rings (SSSR count). The van der Waals surface area contributed by atoms with Crippen LogP contribution in [0.4, 0.5) is 4.39 Å². The van der Waals surface area contributed by atoms with Crippen LogP contribution in [0, 0.1) is 12.7 Å². The minimum Gasteiger partial charge on any atom is -0.314 e. The van der Waals surface area contributed by atoms with E-state index in [1.54, 1.807) is 23.5 Å². The fourth-order valence-electron chi connectivity index (χ4n) is 3.68. The summed E-state index contributed by atoms with van der Waals surface area (Å²) in [6.07, 6.45) is 0. The number of aromatic nitrogens is 3. The summed E-state index contributed by atoms with van der Waals surface area (Å²) in [5, 5.41) is 9.12. The summed E-state index contributed by atoms with van der Waals surface area (Å²) >= 11 is 1.63. The van der Waals surface area contributed by atoms with Crippen molar-refractivity contribution in [1.29, 1.82) is 0 Å². The first-order valence-corrected chi connectivity index (χ1v) is 9.89. The van der Waals surface area contributed by atoms with Gasteiger partial charge in [-0.15, -0.1) is 0 Å². The third-order valence-electron chi connectivity index (χ3n) is 4.92. The lowest BCUT2D eigenvalue weighted by Crippen LogP contribution is -2.45. The maximum absolute atomic E-state index is 13.7. The summed E-state index contributed by atoms with van der Waals surface area (Å²) in [6.45, 7) is 9.78. The highest BCUT2D eigenvalue weighted by Gasteiger charge is 2.27. The van der Waals surface area contributed by atoms with Crippen molar-refractivity contribution in [2.45, 2.75) is 39.3 Å². The van der Waals surface area contributed by atoms with Gasteiger partial charge in [-0.05, 0) is 30.5 Å². The Morgan fingerprint density at radius 2 is 2.23 bits per heavy atom. The highest BCUT2D eigenvalue weighted by Crippen LogP contribution is 2.29. The van der Waals surface area contributed by atoms with Gasteiger partial charge < -0.3 is 5.32 Å². The predicted octanol–water partition coefficient (Wildman–Crippen LogP) is 3.51. The second-order valence-electron chi connectivity index (χ2n) is 7.16. The fourth-order valence-corrected chi connectivity index (χ4v) is 4.45. The zero-order chi connectivity index (χ0) is 18.3. The molecule has 3 aromatic rings. The Hall–Kier alpha value is -1.83. The first kappa shape index (κ1) is 17.6. The summed E-state index contributed by atoms with van der Waals surface area (Å²) in [7, 11) is 0. The molecule has 1 N–H and O–H groups in total. The van der Waals surface area contributed by atoms with E-state index in [0.29, 0.717) is 5.92 Å². The molecular weight excluding hydrogens is 349 g/mol. The second-order valence-corrected chi connectivity index (χ2v) is 8.32. The Morgan fingerprint density at radius 3 is 3.00 bits per heavy atom. The Kier molecular flexibility index (Phi) is 4.77. The van der Waals surface area contributed by atoms with Crippen molar-refractivity contribution in [3.8, 4) is 0 Å². The van der Waals surface area contributed by atoms with E-state index in [0.717, 1.165) is 53.1 Å². The molecule has 1 aliphatic rings. The van der Waals surface area contributed by atoms with Crippen LogP contribution in [0.1, 0.15) is 47.8 Å². The van der Waals surface area contributed by atoms with Gasteiger partial charge in [0, 0.05) is 32.2 Å². The van der Waals surface area contributed by atoms with Crippen molar-refractivity contribution in [3.05, 3.63) is 52.0 Å². The van der Waals surface area contributed by atoms with Crippen LogP contribution in [0.15, 0.2) is 24.3 Å². The molecule has 3 heterocycles. The van der Waals surface area contributed by atoms with E-state index in [2.05, 4.69) is 29.2 Å². The highest BCUT2D eigenvalue weighted by atomic mass is 32.1. The van der Waals surface area contributed by atoms with E-state index in [9.17, 15) is 4.39 Å². The molecule has 0 bridgehead atoms. The highest BCUT2D eigenvalue weighted by molar-refractivity contribution is 7.16. The van der Waals surface area contributed by atoms with Crippen LogP contribution >= 0.6 is 11.3 Å². The number of benzene rings is 1. The molecule has 138 valence electrons. The molecular formula is C19H24FN5S. The van der Waals surface area contributed by atoms with Gasteiger partial charge in [0.05, 0.1) is 11.4 Å². The number of nitrogens with zero attached hydrogens (tertiary/aromatic N) is 4. The number of halogens is 1. The monoisotopic (exact) mass is 373 g/mol. The zero-order valence-corrected chi connectivity index (χ0v) is 16.2. The molecule has 1 unspecified atom stereocenters. The molecule has 26 heavy (non-hydrogen) atoms. The summed E-state index contributed by atoms with van der Waals surface area (Å²) in [5.41, 5.74) is 3.28. The van der Waals surface area contributed by atoms with E-state index in [1.165, 1.54) is 6.07 Å². The normalized spacial score (nSPS) is 18.9. The number of hydrogen-bond acceptors (Lipinski definition) is 5. The SMILES string of the molecule is Cc1nn2c(CN3CCNCC3c3cccc(F)c3)c(C(C)C)nc2s1. The van der Waals surface area contributed by atoms with Gasteiger partial charge >= 0.3 is 0 Å². The summed E-state index contributed by atoms with van der Waals surface area (Å²) < 4.78 is 15.7. The summed E-state index contributed by atoms with van der Waals surface area (Å²) in [6, 6.07) is 7.09. The average molecular weight is 374 g/mol. The number of rotatable bonds is 4. The molecule has 1 fully saturated rings. The van der Waals surface area contributed by atoms with Gasteiger partial charge in [-0.1, -0.05) is 37.3 Å². The predicted molar refractivity (Wildman–Crippen MR) is 102 cm³/mol. The molecule has 1 aromatic carbocycles. The molecule has 7 heteroatoms. The molecule has 0 spiro atoms. The zero-order valence-electron chi connectivity index (χ0n) is 15.4. The quantitative estimate of drug-likeness (QED) is 0.760. The molecule has 0 saturated carbocycles. The molecule has 1 aliphatic heterocycles. The lowest BCUT2D eigenvalue weighted by atomic mass is 10.0. The maximum atomic E-state index is 13.7. The summed E-state index contributed by atoms with van der Waals surface area (Å²) in [4.78, 5) is 8.20. The first-order valence-electron chi connectivity index (χ1n) is 9.08. The van der Waals surface area contributed by atoms with Crippen LogP contribution in [0.25, 0.3) is 4.96 Å². The van der Waals surface area contributed by atoms with Crippen LogP contribution in [-0.2, 0) is 6.54 Å². The molecule has 0 amide bonds. The number of piperazine rings is 1. The number of hydrogen-bond donors (Lipinski definition) is 1. The largest absolute Gasteiger partial charge is 0.314 e. The third-order valence-corrected chi connectivity index (χ3v) is 5.74. The summed E-state index contributed by atoms with van der Waals surface area (Å²) in [5.74, 6) is 0.160. The average Bonchev–Trinajstić information content (AvgIpc) is 3.13. The standard InChI is InChI=1S/C19H24FN5S/c1-12(2)18-17(25-19(22-18)26-13(3)23-25)11-24-8-7-21-10-16(24)14-5-4-6-15(20)9-14/h4-6,9,12,16,21H,7-8,10-11H2,1-3H3. The lowest BCUT2D eigenvalue weighted by molar-refractivity contribution is 0.150. The molecule has 5 nitrogen and oxygen atoms in total. The van der Waals surface area contributed by atoms with Gasteiger partial charge in [-0.25, -0.2) is 13.9 Å². The minimum absolute atomic E-state index is 0.143. The van der Waals surface area contributed by atoms with Gasteiger partial charge in [0.15, 0.2) is 0 Å². The van der Waals surface area contributed by atoms with Gasteiger partial charge in [-0.2, -0.15) is 5.10 Å². The molecule has 0 aliphatic carbocycles. The van der Waals surface area contributed by atoms with Crippen molar-refractivity contribution in [2.75, 3.05) is 19.6 Å². The molecule has 2 aromatic heterocycles. The van der Waals surface area contributed by atoms with Gasteiger partial charge in [0.2, 0.25) is 4.96 Å². The Bertz CT molecular complexity index is 916.